The molecule has 5 rings (SSSR count). The molecule has 3 N–H and O–H groups in total. The predicted octanol–water partition coefficient (Wildman–Crippen LogP) is 4.17. The minimum absolute atomic E-state index is 0.0291. The van der Waals surface area contributed by atoms with Crippen molar-refractivity contribution in [1.29, 1.82) is 0 Å². The molecule has 0 spiro atoms. The van der Waals surface area contributed by atoms with Gasteiger partial charge in [-0.1, -0.05) is 18.2 Å². The van der Waals surface area contributed by atoms with Gasteiger partial charge in [0.25, 0.3) is 5.88 Å². The molecule has 0 radical (unpaired) electrons. The second kappa shape index (κ2) is 9.09. The fourth-order valence-electron chi connectivity index (χ4n) is 3.84. The maximum atomic E-state index is 14.3. The number of benzene rings is 1. The van der Waals surface area contributed by atoms with Crippen molar-refractivity contribution in [3.8, 4) is 17.0 Å². The van der Waals surface area contributed by atoms with Crippen LogP contribution in [0.4, 0.5) is 15.0 Å². The summed E-state index contributed by atoms with van der Waals surface area (Å²) in [6.45, 7) is 1.51. The first-order valence-corrected chi connectivity index (χ1v) is 11.0. The molecule has 1 aromatic carbocycles. The smallest absolute Gasteiger partial charge is 0.405 e. The van der Waals surface area contributed by atoms with E-state index in [1.165, 1.54) is 18.2 Å². The van der Waals surface area contributed by atoms with Crippen LogP contribution in [0.1, 0.15) is 30.2 Å². The Hall–Kier alpha value is -4.41. The number of nitrogens with zero attached hydrogens (tertiary/aromatic N) is 3. The van der Waals surface area contributed by atoms with Crippen molar-refractivity contribution in [2.75, 3.05) is 11.9 Å². The monoisotopic (exact) mass is 479 g/mol. The minimum Gasteiger partial charge on any atom is -0.472 e. The Labute approximate surface area is 198 Å². The van der Waals surface area contributed by atoms with E-state index in [-0.39, 0.29) is 29.9 Å². The van der Waals surface area contributed by atoms with Crippen LogP contribution in [0.25, 0.3) is 16.6 Å². The Balaban J connectivity index is 1.39. The van der Waals surface area contributed by atoms with Gasteiger partial charge in [0.1, 0.15) is 18.2 Å². The number of amides is 2. The molecule has 1 fully saturated rings. The van der Waals surface area contributed by atoms with E-state index in [0.29, 0.717) is 17.1 Å². The quantitative estimate of drug-likeness (QED) is 0.346. The van der Waals surface area contributed by atoms with Crippen LogP contribution >= 0.6 is 0 Å². The third-order valence-corrected chi connectivity index (χ3v) is 5.75. The molecule has 1 atom stereocenters. The predicted molar refractivity (Wildman–Crippen MR) is 123 cm³/mol. The summed E-state index contributed by atoms with van der Waals surface area (Å²) >= 11 is 0. The second-order valence-corrected chi connectivity index (χ2v) is 8.33. The van der Waals surface area contributed by atoms with Gasteiger partial charge in [-0.15, -0.1) is 0 Å². The van der Waals surface area contributed by atoms with Crippen molar-refractivity contribution in [3.05, 3.63) is 65.8 Å². The number of rotatable bonds is 8. The fourth-order valence-corrected chi connectivity index (χ4v) is 3.84. The standard InChI is InChI=1S/C24H22FN5O5/c1-13-21(15-8-9-30-16(10-15)11-20(28-30)27-22(31)14-6-7-14)23(29-35-13)34-12-19(26-24(32)33)17-4-2-3-5-18(17)25/h2-5,8-11,14,19,26H,6-7,12H2,1H3,(H,32,33)(H,27,28,31). The van der Waals surface area contributed by atoms with Gasteiger partial charge in [-0.05, 0) is 48.7 Å². The van der Waals surface area contributed by atoms with Gasteiger partial charge in [0, 0.05) is 23.7 Å². The summed E-state index contributed by atoms with van der Waals surface area (Å²) in [4.78, 5) is 23.3. The maximum absolute atomic E-state index is 14.3. The van der Waals surface area contributed by atoms with E-state index in [0.717, 1.165) is 23.9 Å². The lowest BCUT2D eigenvalue weighted by atomic mass is 10.1. The van der Waals surface area contributed by atoms with Gasteiger partial charge in [-0.2, -0.15) is 5.10 Å². The zero-order valence-electron chi connectivity index (χ0n) is 18.7. The number of fused-ring (bicyclic) bond motifs is 1. The summed E-state index contributed by atoms with van der Waals surface area (Å²) < 4.78 is 27.1. The number of ether oxygens (including phenoxy) is 1. The van der Waals surface area contributed by atoms with Crippen LogP contribution in [0.15, 0.2) is 53.2 Å². The van der Waals surface area contributed by atoms with Crippen molar-refractivity contribution >= 4 is 23.3 Å². The highest BCUT2D eigenvalue weighted by atomic mass is 19.1. The van der Waals surface area contributed by atoms with Gasteiger partial charge in [0.05, 0.1) is 17.1 Å². The molecule has 10 nitrogen and oxygen atoms in total. The average Bonchev–Trinajstić information content (AvgIpc) is 3.51. The Morgan fingerprint density at radius 2 is 2.09 bits per heavy atom. The number of aryl methyl sites for hydroxylation is 1. The molecule has 35 heavy (non-hydrogen) atoms. The van der Waals surface area contributed by atoms with Gasteiger partial charge >= 0.3 is 6.09 Å². The number of pyridine rings is 1. The third kappa shape index (κ3) is 4.79. The van der Waals surface area contributed by atoms with Gasteiger partial charge in [0.2, 0.25) is 5.91 Å². The van der Waals surface area contributed by atoms with Crippen LogP contribution < -0.4 is 15.4 Å². The van der Waals surface area contributed by atoms with Crippen LogP contribution in [-0.4, -0.2) is 38.5 Å². The lowest BCUT2D eigenvalue weighted by Gasteiger charge is -2.18. The molecule has 11 heteroatoms. The summed E-state index contributed by atoms with van der Waals surface area (Å²) in [7, 11) is 0. The lowest BCUT2D eigenvalue weighted by molar-refractivity contribution is -0.117. The first-order chi connectivity index (χ1) is 16.9. The van der Waals surface area contributed by atoms with Gasteiger partial charge < -0.3 is 25.0 Å². The summed E-state index contributed by atoms with van der Waals surface area (Å²) in [5.74, 6) is 0.575. The summed E-state index contributed by atoms with van der Waals surface area (Å²) in [5.41, 5.74) is 2.18. The van der Waals surface area contributed by atoms with Crippen LogP contribution in [0.5, 0.6) is 5.88 Å². The van der Waals surface area contributed by atoms with E-state index >= 15 is 0 Å². The zero-order chi connectivity index (χ0) is 24.5. The number of hydrogen-bond donors (Lipinski definition) is 3. The molecule has 1 aliphatic rings. The van der Waals surface area contributed by atoms with Gasteiger partial charge in [0.15, 0.2) is 5.82 Å². The largest absolute Gasteiger partial charge is 0.472 e. The van der Waals surface area contributed by atoms with Gasteiger partial charge in [-0.25, -0.2) is 13.7 Å². The first-order valence-electron chi connectivity index (χ1n) is 11.0. The van der Waals surface area contributed by atoms with Crippen molar-refractivity contribution in [3.63, 3.8) is 0 Å². The molecule has 3 aromatic heterocycles. The normalized spacial score (nSPS) is 14.0. The second-order valence-electron chi connectivity index (χ2n) is 8.33. The summed E-state index contributed by atoms with van der Waals surface area (Å²) in [5, 5.41) is 22.6. The van der Waals surface area contributed by atoms with E-state index in [4.69, 9.17) is 9.26 Å². The Kier molecular flexibility index (Phi) is 5.81. The Bertz CT molecular complexity index is 1410. The van der Waals surface area contributed by atoms with E-state index < -0.39 is 18.0 Å². The van der Waals surface area contributed by atoms with Crippen molar-refractivity contribution in [1.82, 2.24) is 20.1 Å². The molecule has 1 unspecified atom stereocenters. The first kappa shape index (κ1) is 22.4. The highest BCUT2D eigenvalue weighted by Gasteiger charge is 2.30. The average molecular weight is 479 g/mol. The summed E-state index contributed by atoms with van der Waals surface area (Å²) in [6, 6.07) is 10.3. The minimum atomic E-state index is -1.31. The van der Waals surface area contributed by atoms with Gasteiger partial charge in [-0.3, -0.25) is 4.79 Å². The highest BCUT2D eigenvalue weighted by Crippen LogP contribution is 2.35. The summed E-state index contributed by atoms with van der Waals surface area (Å²) in [6.07, 6.45) is 2.23. The van der Waals surface area contributed by atoms with Crippen molar-refractivity contribution in [2.45, 2.75) is 25.8 Å². The molecular weight excluding hydrogens is 457 g/mol. The molecular formula is C24H22FN5O5. The number of carbonyl (C=O) groups is 2. The molecule has 1 aliphatic carbocycles. The zero-order valence-corrected chi connectivity index (χ0v) is 18.7. The van der Waals surface area contributed by atoms with E-state index in [1.54, 1.807) is 35.8 Å². The number of halogens is 1. The SMILES string of the molecule is Cc1onc(OCC(NC(=O)O)c2ccccc2F)c1-c1ccn2nc(NC(=O)C3CC3)cc2c1. The fraction of sp³-hybridized carbons (Fsp3) is 0.250. The number of carbonyl (C=O) groups excluding carboxylic acids is 1. The molecule has 0 aliphatic heterocycles. The third-order valence-electron chi connectivity index (χ3n) is 5.75. The van der Waals surface area contributed by atoms with Crippen LogP contribution in [-0.2, 0) is 4.79 Å². The van der Waals surface area contributed by atoms with Crippen LogP contribution in [0.3, 0.4) is 0 Å². The number of anilines is 1. The number of carboxylic acid groups (broad SMARTS) is 1. The molecule has 1 saturated carbocycles. The van der Waals surface area contributed by atoms with Crippen molar-refractivity contribution in [2.24, 2.45) is 5.92 Å². The van der Waals surface area contributed by atoms with E-state index in [9.17, 15) is 19.1 Å². The number of hydrogen-bond acceptors (Lipinski definition) is 6. The van der Waals surface area contributed by atoms with E-state index in [2.05, 4.69) is 20.9 Å². The molecule has 2 amide bonds. The molecule has 4 aromatic rings. The lowest BCUT2D eigenvalue weighted by Crippen LogP contribution is -2.31. The molecule has 0 saturated heterocycles. The van der Waals surface area contributed by atoms with Crippen LogP contribution in [0, 0.1) is 18.7 Å². The van der Waals surface area contributed by atoms with Crippen molar-refractivity contribution < 1.29 is 28.3 Å². The molecule has 180 valence electrons. The van der Waals surface area contributed by atoms with Crippen LogP contribution in [0.2, 0.25) is 0 Å². The highest BCUT2D eigenvalue weighted by molar-refractivity contribution is 5.93. The van der Waals surface area contributed by atoms with E-state index in [1.807, 2.05) is 6.07 Å². The maximum Gasteiger partial charge on any atom is 0.405 e. The Morgan fingerprint density at radius 3 is 2.83 bits per heavy atom. The topological polar surface area (TPSA) is 131 Å². The number of nitrogens with one attached hydrogen (secondary N) is 2. The molecule has 0 bridgehead atoms. The Morgan fingerprint density at radius 1 is 1.29 bits per heavy atom. The number of aromatic nitrogens is 3. The molecule has 3 heterocycles.